The molecular formula is C20H16O5. The first kappa shape index (κ1) is 16.5. The number of carbonyl (C=O) groups is 1. The van der Waals surface area contributed by atoms with Crippen LogP contribution < -0.4 is 5.63 Å². The summed E-state index contributed by atoms with van der Waals surface area (Å²) < 4.78 is 10.3. The Balaban J connectivity index is 1.75. The van der Waals surface area contributed by atoms with Gasteiger partial charge >= 0.3 is 11.6 Å². The van der Waals surface area contributed by atoms with Crippen molar-refractivity contribution in [1.29, 1.82) is 0 Å². The third-order valence-electron chi connectivity index (χ3n) is 3.77. The average molecular weight is 336 g/mol. The van der Waals surface area contributed by atoms with E-state index in [9.17, 15) is 14.7 Å². The molecule has 0 saturated heterocycles. The number of hydrogen-bond acceptors (Lipinski definition) is 5. The average Bonchev–Trinajstić information content (AvgIpc) is 2.58. The number of rotatable bonds is 4. The van der Waals surface area contributed by atoms with E-state index in [1.54, 1.807) is 12.1 Å². The van der Waals surface area contributed by atoms with Gasteiger partial charge in [0.05, 0.1) is 0 Å². The lowest BCUT2D eigenvalue weighted by atomic mass is 10.1. The highest BCUT2D eigenvalue weighted by Crippen LogP contribution is 2.22. The molecule has 5 nitrogen and oxygen atoms in total. The lowest BCUT2D eigenvalue weighted by molar-refractivity contribution is -0.138. The van der Waals surface area contributed by atoms with Gasteiger partial charge in [-0.1, -0.05) is 24.3 Å². The summed E-state index contributed by atoms with van der Waals surface area (Å²) in [7, 11) is 0. The minimum Gasteiger partial charge on any atom is -0.508 e. The number of phenols is 1. The van der Waals surface area contributed by atoms with Gasteiger partial charge in [-0.15, -0.1) is 0 Å². The van der Waals surface area contributed by atoms with Crippen molar-refractivity contribution in [2.24, 2.45) is 0 Å². The van der Waals surface area contributed by atoms with Crippen LogP contribution in [0, 0.1) is 6.92 Å². The standard InChI is InChI=1S/C20H16O5/c1-13-4-2-3-5-14(13)6-9-19(22)24-12-15-10-20(23)25-18-11-16(21)7-8-17(15)18/h2-11,21H,12H2,1H3/b9-6+. The summed E-state index contributed by atoms with van der Waals surface area (Å²) in [6.45, 7) is 1.89. The van der Waals surface area contributed by atoms with E-state index in [1.165, 1.54) is 24.3 Å². The van der Waals surface area contributed by atoms with E-state index in [-0.39, 0.29) is 17.9 Å². The van der Waals surface area contributed by atoms with Crippen molar-refractivity contribution >= 4 is 23.0 Å². The van der Waals surface area contributed by atoms with Crippen molar-refractivity contribution in [2.75, 3.05) is 0 Å². The molecule has 126 valence electrons. The van der Waals surface area contributed by atoms with Gasteiger partial charge in [0.1, 0.15) is 17.9 Å². The normalized spacial score (nSPS) is 11.1. The second-order valence-electron chi connectivity index (χ2n) is 5.57. The maximum absolute atomic E-state index is 11.9. The SMILES string of the molecule is Cc1ccccc1/C=C/C(=O)OCc1cc(=O)oc2cc(O)ccc12. The Kier molecular flexibility index (Phi) is 4.66. The largest absolute Gasteiger partial charge is 0.508 e. The Morgan fingerprint density at radius 1 is 1.20 bits per heavy atom. The van der Waals surface area contributed by atoms with Gasteiger partial charge in [0, 0.05) is 29.2 Å². The Hall–Kier alpha value is -3.34. The number of esters is 1. The van der Waals surface area contributed by atoms with Crippen LogP contribution >= 0.6 is 0 Å². The van der Waals surface area contributed by atoms with Crippen LogP contribution in [0.2, 0.25) is 0 Å². The summed E-state index contributed by atoms with van der Waals surface area (Å²) in [4.78, 5) is 23.5. The van der Waals surface area contributed by atoms with Gasteiger partial charge in [0.2, 0.25) is 0 Å². The summed E-state index contributed by atoms with van der Waals surface area (Å²) in [6.07, 6.45) is 3.04. The van der Waals surface area contributed by atoms with Crippen LogP contribution in [-0.4, -0.2) is 11.1 Å². The molecule has 1 heterocycles. The Labute approximate surface area is 143 Å². The predicted octanol–water partition coefficient (Wildman–Crippen LogP) is 3.56. The monoisotopic (exact) mass is 336 g/mol. The zero-order valence-corrected chi connectivity index (χ0v) is 13.6. The number of carbonyl (C=O) groups excluding carboxylic acids is 1. The Morgan fingerprint density at radius 3 is 2.80 bits per heavy atom. The van der Waals surface area contributed by atoms with E-state index in [0.717, 1.165) is 11.1 Å². The van der Waals surface area contributed by atoms with E-state index >= 15 is 0 Å². The summed E-state index contributed by atoms with van der Waals surface area (Å²) in [6, 6.07) is 13.4. The van der Waals surface area contributed by atoms with Gasteiger partial charge in [-0.05, 0) is 36.3 Å². The second kappa shape index (κ2) is 7.05. The minimum atomic E-state index is -0.570. The molecule has 0 aliphatic carbocycles. The van der Waals surface area contributed by atoms with Gasteiger partial charge in [0.25, 0.3) is 0 Å². The predicted molar refractivity (Wildman–Crippen MR) is 94.2 cm³/mol. The number of aryl methyl sites for hydroxylation is 1. The third-order valence-corrected chi connectivity index (χ3v) is 3.77. The van der Waals surface area contributed by atoms with Crippen LogP contribution in [-0.2, 0) is 16.1 Å². The topological polar surface area (TPSA) is 76.7 Å². The zero-order chi connectivity index (χ0) is 17.8. The molecule has 0 saturated carbocycles. The van der Waals surface area contributed by atoms with Crippen LogP contribution in [0.25, 0.3) is 17.0 Å². The fourth-order valence-corrected chi connectivity index (χ4v) is 2.47. The number of phenolic OH excluding ortho intramolecular Hbond substituents is 1. The van der Waals surface area contributed by atoms with Crippen molar-refractivity contribution in [3.63, 3.8) is 0 Å². The smallest absolute Gasteiger partial charge is 0.336 e. The lowest BCUT2D eigenvalue weighted by Crippen LogP contribution is -2.05. The van der Waals surface area contributed by atoms with Gasteiger partial charge in [0.15, 0.2) is 0 Å². The maximum atomic E-state index is 11.9. The van der Waals surface area contributed by atoms with Crippen molar-refractivity contribution in [1.82, 2.24) is 0 Å². The van der Waals surface area contributed by atoms with Crippen LogP contribution in [0.15, 0.2) is 63.8 Å². The van der Waals surface area contributed by atoms with E-state index in [0.29, 0.717) is 10.9 Å². The molecule has 0 bridgehead atoms. The molecule has 0 radical (unpaired) electrons. The molecule has 2 aromatic carbocycles. The van der Waals surface area contributed by atoms with E-state index in [2.05, 4.69) is 0 Å². The first-order valence-electron chi connectivity index (χ1n) is 7.69. The van der Waals surface area contributed by atoms with E-state index < -0.39 is 11.6 Å². The molecule has 0 aliphatic heterocycles. The first-order chi connectivity index (χ1) is 12.0. The molecular weight excluding hydrogens is 320 g/mol. The number of fused-ring (bicyclic) bond motifs is 1. The molecule has 0 unspecified atom stereocenters. The van der Waals surface area contributed by atoms with Crippen LogP contribution in [0.4, 0.5) is 0 Å². The van der Waals surface area contributed by atoms with Gasteiger partial charge < -0.3 is 14.3 Å². The van der Waals surface area contributed by atoms with Crippen molar-refractivity contribution < 1.29 is 19.1 Å². The van der Waals surface area contributed by atoms with Gasteiger partial charge in [-0.3, -0.25) is 0 Å². The number of ether oxygens (including phenoxy) is 1. The Morgan fingerprint density at radius 2 is 2.00 bits per heavy atom. The molecule has 0 spiro atoms. The zero-order valence-electron chi connectivity index (χ0n) is 13.6. The van der Waals surface area contributed by atoms with Crippen LogP contribution in [0.1, 0.15) is 16.7 Å². The maximum Gasteiger partial charge on any atom is 0.336 e. The molecule has 5 heteroatoms. The third kappa shape index (κ3) is 3.95. The molecule has 0 amide bonds. The van der Waals surface area contributed by atoms with E-state index in [4.69, 9.17) is 9.15 Å². The second-order valence-corrected chi connectivity index (χ2v) is 5.57. The number of aromatic hydroxyl groups is 1. The van der Waals surface area contributed by atoms with E-state index in [1.807, 2.05) is 31.2 Å². The highest BCUT2D eigenvalue weighted by molar-refractivity contribution is 5.87. The van der Waals surface area contributed by atoms with Crippen molar-refractivity contribution in [3.8, 4) is 5.75 Å². The molecule has 1 aromatic heterocycles. The molecule has 0 aliphatic rings. The lowest BCUT2D eigenvalue weighted by Gasteiger charge is -2.06. The summed E-state index contributed by atoms with van der Waals surface area (Å²) in [5.41, 5.74) is 2.18. The Bertz CT molecular complexity index is 1010. The first-order valence-corrected chi connectivity index (χ1v) is 7.69. The molecule has 3 aromatic rings. The van der Waals surface area contributed by atoms with Gasteiger partial charge in [-0.25, -0.2) is 9.59 Å². The molecule has 0 atom stereocenters. The molecule has 1 N–H and O–H groups in total. The number of hydrogen-bond donors (Lipinski definition) is 1. The van der Waals surface area contributed by atoms with Crippen LogP contribution in [0.3, 0.4) is 0 Å². The molecule has 25 heavy (non-hydrogen) atoms. The summed E-state index contributed by atoms with van der Waals surface area (Å²) in [5.74, 6) is -0.519. The van der Waals surface area contributed by atoms with Crippen molar-refractivity contribution in [3.05, 3.63) is 81.7 Å². The molecule has 3 rings (SSSR count). The highest BCUT2D eigenvalue weighted by Gasteiger charge is 2.08. The summed E-state index contributed by atoms with van der Waals surface area (Å²) >= 11 is 0. The highest BCUT2D eigenvalue weighted by atomic mass is 16.5. The van der Waals surface area contributed by atoms with Gasteiger partial charge in [-0.2, -0.15) is 0 Å². The van der Waals surface area contributed by atoms with Crippen LogP contribution in [0.5, 0.6) is 5.75 Å². The number of benzene rings is 2. The fraction of sp³-hybridized carbons (Fsp3) is 0.100. The fourth-order valence-electron chi connectivity index (χ4n) is 2.47. The molecule has 0 fully saturated rings. The minimum absolute atomic E-state index is 0.00837. The quantitative estimate of drug-likeness (QED) is 0.448. The van der Waals surface area contributed by atoms with Crippen molar-refractivity contribution in [2.45, 2.75) is 13.5 Å². The summed E-state index contributed by atoms with van der Waals surface area (Å²) in [5, 5.41) is 10.1.